The molecule has 1 aromatic heterocycles. The fourth-order valence-electron chi connectivity index (χ4n) is 1.51. The van der Waals surface area contributed by atoms with Crippen molar-refractivity contribution in [3.05, 3.63) is 34.2 Å². The molecule has 0 aliphatic heterocycles. The van der Waals surface area contributed by atoms with Gasteiger partial charge in [-0.25, -0.2) is 4.68 Å². The van der Waals surface area contributed by atoms with Gasteiger partial charge in [0.25, 0.3) is 5.56 Å². The summed E-state index contributed by atoms with van der Waals surface area (Å²) in [6, 6.07) is 0. The first-order valence-corrected chi connectivity index (χ1v) is 6.40. The van der Waals surface area contributed by atoms with Crippen molar-refractivity contribution in [2.45, 2.75) is 32.0 Å². The molecule has 20 heavy (non-hydrogen) atoms. The van der Waals surface area contributed by atoms with Gasteiger partial charge < -0.3 is 5.32 Å². The molecule has 1 heterocycles. The van der Waals surface area contributed by atoms with Crippen LogP contribution in [0.4, 0.5) is 18.9 Å². The molecule has 0 atom stereocenters. The number of allylic oxidation sites excluding steroid dienone is 1. The number of aromatic nitrogens is 2. The largest absolute Gasteiger partial charge is 0.389 e. The van der Waals surface area contributed by atoms with Crippen LogP contribution in [-0.4, -0.2) is 22.5 Å². The smallest absolute Gasteiger partial charge is 0.382 e. The maximum atomic E-state index is 11.9. The monoisotopic (exact) mass is 309 g/mol. The molecule has 0 aliphatic rings. The van der Waals surface area contributed by atoms with Gasteiger partial charge in [0, 0.05) is 13.0 Å². The average molecular weight is 310 g/mol. The Balaban J connectivity index is 2.51. The lowest BCUT2D eigenvalue weighted by Crippen LogP contribution is -2.23. The second kappa shape index (κ2) is 7.33. The fraction of sp³-hybridized carbons (Fsp3) is 0.500. The van der Waals surface area contributed by atoms with E-state index in [0.29, 0.717) is 18.7 Å². The van der Waals surface area contributed by atoms with Crippen LogP contribution in [0.5, 0.6) is 0 Å². The summed E-state index contributed by atoms with van der Waals surface area (Å²) in [5.74, 6) is 0. The zero-order valence-electron chi connectivity index (χ0n) is 10.7. The van der Waals surface area contributed by atoms with Crippen molar-refractivity contribution in [3.8, 4) is 0 Å². The normalized spacial score (nSPS) is 11.4. The highest BCUT2D eigenvalue weighted by molar-refractivity contribution is 6.32. The molecule has 1 aromatic rings. The second-order valence-electron chi connectivity index (χ2n) is 4.15. The van der Waals surface area contributed by atoms with Crippen molar-refractivity contribution in [1.82, 2.24) is 9.78 Å². The fourth-order valence-corrected chi connectivity index (χ4v) is 1.73. The van der Waals surface area contributed by atoms with Crippen molar-refractivity contribution in [3.63, 3.8) is 0 Å². The lowest BCUT2D eigenvalue weighted by atomic mass is 10.2. The van der Waals surface area contributed by atoms with E-state index in [1.54, 1.807) is 0 Å². The maximum Gasteiger partial charge on any atom is 0.389 e. The number of alkyl halides is 3. The topological polar surface area (TPSA) is 46.9 Å². The molecule has 0 saturated heterocycles. The van der Waals surface area contributed by atoms with E-state index in [1.807, 2.05) is 0 Å². The molecule has 0 saturated carbocycles. The SMILES string of the molecule is C=CCn1ncc(NCCCCC(F)(F)F)c(Cl)c1=O. The molecule has 4 nitrogen and oxygen atoms in total. The van der Waals surface area contributed by atoms with Crippen molar-refractivity contribution in [2.24, 2.45) is 0 Å². The highest BCUT2D eigenvalue weighted by atomic mass is 35.5. The highest BCUT2D eigenvalue weighted by Crippen LogP contribution is 2.22. The summed E-state index contributed by atoms with van der Waals surface area (Å²) in [7, 11) is 0. The molecule has 0 fully saturated rings. The molecule has 8 heteroatoms. The standard InChI is InChI=1S/C12H15ClF3N3O/c1-2-7-19-11(20)10(13)9(8-18-19)17-6-4-3-5-12(14,15)16/h2,8,17H,1,3-7H2. The summed E-state index contributed by atoms with van der Waals surface area (Å²) < 4.78 is 37.0. The number of hydrogen-bond donors (Lipinski definition) is 1. The van der Waals surface area contributed by atoms with Crippen molar-refractivity contribution in [1.29, 1.82) is 0 Å². The Morgan fingerprint density at radius 2 is 2.15 bits per heavy atom. The number of unbranched alkanes of at least 4 members (excludes halogenated alkanes) is 1. The van der Waals surface area contributed by atoms with E-state index in [4.69, 9.17) is 11.6 Å². The van der Waals surface area contributed by atoms with Gasteiger partial charge >= 0.3 is 6.18 Å². The second-order valence-corrected chi connectivity index (χ2v) is 4.53. The van der Waals surface area contributed by atoms with Crippen LogP contribution < -0.4 is 10.9 Å². The Morgan fingerprint density at radius 3 is 2.75 bits per heavy atom. The van der Waals surface area contributed by atoms with Gasteiger partial charge in [0.15, 0.2) is 0 Å². The Hall–Kier alpha value is -1.50. The van der Waals surface area contributed by atoms with Crippen LogP contribution in [0.25, 0.3) is 0 Å². The molecule has 0 amide bonds. The van der Waals surface area contributed by atoms with Gasteiger partial charge in [-0.2, -0.15) is 18.3 Å². The van der Waals surface area contributed by atoms with Crippen LogP contribution in [0.1, 0.15) is 19.3 Å². The Kier molecular flexibility index (Phi) is 6.06. The first-order valence-electron chi connectivity index (χ1n) is 6.02. The van der Waals surface area contributed by atoms with Crippen LogP contribution in [0.15, 0.2) is 23.6 Å². The molecule has 0 radical (unpaired) electrons. The quantitative estimate of drug-likeness (QED) is 0.621. The zero-order chi connectivity index (χ0) is 15.2. The van der Waals surface area contributed by atoms with Gasteiger partial charge in [-0.3, -0.25) is 4.79 Å². The molecule has 1 N–H and O–H groups in total. The van der Waals surface area contributed by atoms with Crippen molar-refractivity contribution in [2.75, 3.05) is 11.9 Å². The predicted molar refractivity (Wildman–Crippen MR) is 72.1 cm³/mol. The van der Waals surface area contributed by atoms with Gasteiger partial charge in [0.05, 0.1) is 18.4 Å². The minimum Gasteiger partial charge on any atom is -0.382 e. The van der Waals surface area contributed by atoms with Crippen LogP contribution in [0.2, 0.25) is 5.02 Å². The number of nitrogens with one attached hydrogen (secondary N) is 1. The molecule has 0 unspecified atom stereocenters. The van der Waals surface area contributed by atoms with Gasteiger partial charge in [-0.1, -0.05) is 17.7 Å². The minimum absolute atomic E-state index is 0.0229. The lowest BCUT2D eigenvalue weighted by Gasteiger charge is -2.10. The Labute approximate surface area is 119 Å². The van der Waals surface area contributed by atoms with Gasteiger partial charge in [0.2, 0.25) is 0 Å². The zero-order valence-corrected chi connectivity index (χ0v) is 11.5. The third-order valence-corrected chi connectivity index (χ3v) is 2.85. The van der Waals surface area contributed by atoms with Gasteiger partial charge in [-0.15, -0.1) is 6.58 Å². The van der Waals surface area contributed by atoms with E-state index < -0.39 is 18.2 Å². The summed E-state index contributed by atoms with van der Waals surface area (Å²) in [6.45, 7) is 4.02. The molecular weight excluding hydrogens is 295 g/mol. The molecule has 112 valence electrons. The minimum atomic E-state index is -4.13. The molecule has 0 bridgehead atoms. The van der Waals surface area contributed by atoms with Crippen LogP contribution in [-0.2, 0) is 6.54 Å². The number of halogens is 4. The van der Waals surface area contributed by atoms with Crippen molar-refractivity contribution >= 4 is 17.3 Å². The highest BCUT2D eigenvalue weighted by Gasteiger charge is 2.25. The van der Waals surface area contributed by atoms with E-state index in [1.165, 1.54) is 12.3 Å². The van der Waals surface area contributed by atoms with Crippen molar-refractivity contribution < 1.29 is 13.2 Å². The molecule has 0 aliphatic carbocycles. The summed E-state index contributed by atoms with van der Waals surface area (Å²) in [5.41, 5.74) is -0.143. The summed E-state index contributed by atoms with van der Waals surface area (Å²) in [5, 5.41) is 6.65. The van der Waals surface area contributed by atoms with Crippen LogP contribution in [0, 0.1) is 0 Å². The van der Waals surface area contributed by atoms with E-state index in [0.717, 1.165) is 4.68 Å². The summed E-state index contributed by atoms with van der Waals surface area (Å²) in [6.07, 6.45) is -1.72. The molecule has 1 rings (SSSR count). The van der Waals surface area contributed by atoms with E-state index in [2.05, 4.69) is 17.0 Å². The van der Waals surface area contributed by atoms with Gasteiger partial charge in [-0.05, 0) is 12.8 Å². The molecular formula is C12H15ClF3N3O. The van der Waals surface area contributed by atoms with Gasteiger partial charge in [0.1, 0.15) is 5.02 Å². The van der Waals surface area contributed by atoms with E-state index in [9.17, 15) is 18.0 Å². The summed E-state index contributed by atoms with van der Waals surface area (Å²) >= 11 is 5.87. The lowest BCUT2D eigenvalue weighted by molar-refractivity contribution is -0.135. The molecule has 0 aromatic carbocycles. The predicted octanol–water partition coefficient (Wildman–Crippen LogP) is 3.23. The average Bonchev–Trinajstić information content (AvgIpc) is 2.36. The Morgan fingerprint density at radius 1 is 1.45 bits per heavy atom. The summed E-state index contributed by atoms with van der Waals surface area (Å²) in [4.78, 5) is 11.7. The first kappa shape index (κ1) is 16.6. The number of anilines is 1. The van der Waals surface area contributed by atoms with Crippen LogP contribution in [0.3, 0.4) is 0 Å². The maximum absolute atomic E-state index is 11.9. The number of nitrogens with zero attached hydrogens (tertiary/aromatic N) is 2. The number of hydrogen-bond acceptors (Lipinski definition) is 3. The van der Waals surface area contributed by atoms with E-state index >= 15 is 0 Å². The molecule has 0 spiro atoms. The third-order valence-electron chi connectivity index (χ3n) is 2.49. The Bertz CT molecular complexity index is 514. The first-order chi connectivity index (χ1) is 9.35. The number of rotatable bonds is 7. The third kappa shape index (κ3) is 5.24. The van der Waals surface area contributed by atoms with Crippen LogP contribution >= 0.6 is 11.6 Å². The van der Waals surface area contributed by atoms with E-state index in [-0.39, 0.29) is 18.0 Å².